The van der Waals surface area contributed by atoms with Crippen molar-refractivity contribution in [3.63, 3.8) is 0 Å². The molecule has 0 atom stereocenters. The highest BCUT2D eigenvalue weighted by Gasteiger charge is 2.09. The number of para-hydroxylation sites is 1. The van der Waals surface area contributed by atoms with Gasteiger partial charge in [0.15, 0.2) is 0 Å². The van der Waals surface area contributed by atoms with Gasteiger partial charge >= 0.3 is 0 Å². The summed E-state index contributed by atoms with van der Waals surface area (Å²) >= 11 is 0. The van der Waals surface area contributed by atoms with Crippen molar-refractivity contribution in [3.05, 3.63) is 29.8 Å². The Morgan fingerprint density at radius 1 is 1.23 bits per heavy atom. The molecule has 72 valence electrons. The topological polar surface area (TPSA) is 15.3 Å². The summed E-state index contributed by atoms with van der Waals surface area (Å²) in [5.41, 5.74) is 2.67. The molecule has 0 unspecified atom stereocenters. The van der Waals surface area contributed by atoms with Crippen LogP contribution in [0.2, 0.25) is 0 Å². The quantitative estimate of drug-likeness (QED) is 0.656. The van der Waals surface area contributed by atoms with Gasteiger partial charge in [-0.1, -0.05) is 32.0 Å². The molecule has 2 nitrogen and oxygen atoms in total. The molecule has 1 aromatic rings. The van der Waals surface area contributed by atoms with Crippen LogP contribution in [0, 0.1) is 0 Å². The first-order valence-corrected chi connectivity index (χ1v) is 4.86. The van der Waals surface area contributed by atoms with Crippen LogP contribution in [0.3, 0.4) is 0 Å². The van der Waals surface area contributed by atoms with Gasteiger partial charge in [-0.15, -0.1) is 0 Å². The Morgan fingerprint density at radius 2 is 1.92 bits per heavy atom. The molecule has 0 aliphatic carbocycles. The van der Waals surface area contributed by atoms with Gasteiger partial charge in [-0.25, -0.2) is 0 Å². The second-order valence-electron chi connectivity index (χ2n) is 3.01. The van der Waals surface area contributed by atoms with Gasteiger partial charge in [0.1, 0.15) is 0 Å². The summed E-state index contributed by atoms with van der Waals surface area (Å²) in [6.07, 6.45) is 0. The van der Waals surface area contributed by atoms with Crippen LogP contribution in [-0.4, -0.2) is 18.6 Å². The molecule has 2 rings (SSSR count). The normalized spacial score (nSPS) is 15.0. The Labute approximate surface area is 80.6 Å². The second-order valence-corrected chi connectivity index (χ2v) is 3.01. The zero-order valence-corrected chi connectivity index (χ0v) is 8.67. The number of hydrogen-bond donors (Lipinski definition) is 1. The molecule has 1 heterocycles. The molecule has 0 saturated heterocycles. The highest BCUT2D eigenvalue weighted by molar-refractivity contribution is 5.52. The minimum atomic E-state index is 0.955. The summed E-state index contributed by atoms with van der Waals surface area (Å²) < 4.78 is 0. The average molecular weight is 178 g/mol. The van der Waals surface area contributed by atoms with E-state index in [0.29, 0.717) is 0 Å². The van der Waals surface area contributed by atoms with Crippen molar-refractivity contribution in [2.75, 3.05) is 19.0 Å². The molecule has 13 heavy (non-hydrogen) atoms. The molecule has 1 aromatic carbocycles. The van der Waals surface area contributed by atoms with Gasteiger partial charge in [0, 0.05) is 12.2 Å². The van der Waals surface area contributed by atoms with Crippen molar-refractivity contribution in [2.45, 2.75) is 20.4 Å². The first-order valence-electron chi connectivity index (χ1n) is 4.86. The highest BCUT2D eigenvalue weighted by Crippen LogP contribution is 2.19. The predicted octanol–water partition coefficient (Wildman–Crippen LogP) is 2.53. The van der Waals surface area contributed by atoms with Crippen molar-refractivity contribution >= 4 is 5.69 Å². The van der Waals surface area contributed by atoms with Gasteiger partial charge in [-0.3, -0.25) is 4.90 Å². The zero-order valence-electron chi connectivity index (χ0n) is 8.67. The maximum atomic E-state index is 3.34. The minimum Gasteiger partial charge on any atom is -0.372 e. The molecule has 1 aliphatic rings. The van der Waals surface area contributed by atoms with E-state index in [0.717, 1.165) is 13.2 Å². The molecule has 0 radical (unpaired) electrons. The van der Waals surface area contributed by atoms with Crippen LogP contribution in [0.25, 0.3) is 0 Å². The van der Waals surface area contributed by atoms with Crippen LogP contribution in [0.1, 0.15) is 19.4 Å². The van der Waals surface area contributed by atoms with E-state index in [4.69, 9.17) is 0 Å². The largest absolute Gasteiger partial charge is 0.372 e. The predicted molar refractivity (Wildman–Crippen MR) is 57.7 cm³/mol. The molecule has 0 aromatic heterocycles. The molecule has 0 fully saturated rings. The Morgan fingerprint density at radius 3 is 2.69 bits per heavy atom. The summed E-state index contributed by atoms with van der Waals surface area (Å²) in [5.74, 6) is 0. The number of rotatable bonds is 0. The first-order chi connectivity index (χ1) is 6.36. The lowest BCUT2D eigenvalue weighted by atomic mass is 10.1. The number of nitrogens with zero attached hydrogens (tertiary/aromatic N) is 1. The third kappa shape index (κ3) is 2.46. The van der Waals surface area contributed by atoms with Crippen molar-refractivity contribution in [1.29, 1.82) is 0 Å². The van der Waals surface area contributed by atoms with E-state index in [1.54, 1.807) is 0 Å². The van der Waals surface area contributed by atoms with E-state index < -0.39 is 0 Å². The van der Waals surface area contributed by atoms with Crippen molar-refractivity contribution < 1.29 is 0 Å². The maximum Gasteiger partial charge on any atom is 0.0678 e. The molecule has 2 heteroatoms. The smallest absolute Gasteiger partial charge is 0.0678 e. The third-order valence-electron chi connectivity index (χ3n) is 2.00. The molecular weight excluding hydrogens is 160 g/mol. The van der Waals surface area contributed by atoms with E-state index in [9.17, 15) is 0 Å². The van der Waals surface area contributed by atoms with Crippen molar-refractivity contribution in [3.8, 4) is 0 Å². The van der Waals surface area contributed by atoms with Crippen LogP contribution in [0.4, 0.5) is 5.69 Å². The summed E-state index contributed by atoms with van der Waals surface area (Å²) in [6.45, 7) is 6.01. The molecular formula is C11H18N2. The number of anilines is 1. The maximum absolute atomic E-state index is 3.34. The van der Waals surface area contributed by atoms with Crippen molar-refractivity contribution in [1.82, 2.24) is 4.90 Å². The van der Waals surface area contributed by atoms with Gasteiger partial charge in [0.2, 0.25) is 0 Å². The second kappa shape index (κ2) is 4.87. The van der Waals surface area contributed by atoms with E-state index in [1.807, 2.05) is 13.8 Å². The summed E-state index contributed by atoms with van der Waals surface area (Å²) in [6, 6.07) is 8.44. The number of benzene rings is 1. The fourth-order valence-corrected chi connectivity index (χ4v) is 1.40. The molecule has 0 saturated carbocycles. The van der Waals surface area contributed by atoms with Gasteiger partial charge < -0.3 is 5.32 Å². The standard InChI is InChI=1S/C9H12N2.C2H6/c1-11-6-8-4-2-3-5-9(8)10-7-11;1-2/h2-5,10H,6-7H2,1H3;1-2H3. The highest BCUT2D eigenvalue weighted by atomic mass is 15.2. The van der Waals surface area contributed by atoms with E-state index in [-0.39, 0.29) is 0 Å². The average Bonchev–Trinajstić information content (AvgIpc) is 2.21. The number of hydrogen-bond acceptors (Lipinski definition) is 2. The molecule has 0 bridgehead atoms. The van der Waals surface area contributed by atoms with E-state index >= 15 is 0 Å². The zero-order chi connectivity index (χ0) is 9.68. The third-order valence-corrected chi connectivity index (χ3v) is 2.00. The molecule has 0 spiro atoms. The van der Waals surface area contributed by atoms with Crippen molar-refractivity contribution in [2.24, 2.45) is 0 Å². The van der Waals surface area contributed by atoms with Crippen LogP contribution in [-0.2, 0) is 6.54 Å². The summed E-state index contributed by atoms with van der Waals surface area (Å²) in [4.78, 5) is 2.25. The Balaban J connectivity index is 0.000000396. The van der Waals surface area contributed by atoms with Crippen LogP contribution >= 0.6 is 0 Å². The Kier molecular flexibility index (Phi) is 3.77. The minimum absolute atomic E-state index is 0.955. The van der Waals surface area contributed by atoms with Gasteiger partial charge in [-0.05, 0) is 18.7 Å². The van der Waals surface area contributed by atoms with Crippen LogP contribution in [0.5, 0.6) is 0 Å². The molecule has 1 aliphatic heterocycles. The monoisotopic (exact) mass is 178 g/mol. The van der Waals surface area contributed by atoms with Gasteiger partial charge in [-0.2, -0.15) is 0 Å². The lowest BCUT2D eigenvalue weighted by molar-refractivity contribution is 0.340. The first kappa shape index (κ1) is 10.1. The molecule has 1 N–H and O–H groups in total. The summed E-state index contributed by atoms with van der Waals surface area (Å²) in [7, 11) is 2.11. The SMILES string of the molecule is CC.CN1CNc2ccccc2C1. The lowest BCUT2D eigenvalue weighted by Gasteiger charge is -2.26. The lowest BCUT2D eigenvalue weighted by Crippen LogP contribution is -2.29. The van der Waals surface area contributed by atoms with Crippen LogP contribution in [0.15, 0.2) is 24.3 Å². The molecule has 0 amide bonds. The Hall–Kier alpha value is -1.02. The van der Waals surface area contributed by atoms with Gasteiger partial charge in [0.05, 0.1) is 6.67 Å². The van der Waals surface area contributed by atoms with E-state index in [2.05, 4.69) is 41.5 Å². The van der Waals surface area contributed by atoms with E-state index in [1.165, 1.54) is 11.3 Å². The van der Waals surface area contributed by atoms with Gasteiger partial charge in [0.25, 0.3) is 0 Å². The Bertz CT molecular complexity index is 258. The number of nitrogens with one attached hydrogen (secondary N) is 1. The summed E-state index contributed by atoms with van der Waals surface area (Å²) in [5, 5.41) is 3.34. The fraction of sp³-hybridized carbons (Fsp3) is 0.455. The number of fused-ring (bicyclic) bond motifs is 1. The van der Waals surface area contributed by atoms with Crippen LogP contribution < -0.4 is 5.32 Å². The fourth-order valence-electron chi connectivity index (χ4n) is 1.40.